The molecule has 118 valence electrons. The summed E-state index contributed by atoms with van der Waals surface area (Å²) in [5.41, 5.74) is 3.14. The van der Waals surface area contributed by atoms with Crippen LogP contribution >= 0.6 is 22.7 Å². The number of aromatic nitrogens is 2. The van der Waals surface area contributed by atoms with Crippen molar-refractivity contribution in [1.82, 2.24) is 15.3 Å². The molecule has 0 aliphatic carbocycles. The molecule has 1 aliphatic rings. The molecule has 1 amide bonds. The van der Waals surface area contributed by atoms with Crippen LogP contribution in [-0.4, -0.2) is 41.2 Å². The summed E-state index contributed by atoms with van der Waals surface area (Å²) >= 11 is 3.01. The van der Waals surface area contributed by atoms with Gasteiger partial charge in [0.1, 0.15) is 11.8 Å². The number of hydrogen-bond acceptors (Lipinski definition) is 7. The van der Waals surface area contributed by atoms with Crippen LogP contribution in [0.4, 0.5) is 0 Å². The molecule has 2 atom stereocenters. The first-order valence-electron chi connectivity index (χ1n) is 7.02. The third-order valence-corrected chi connectivity index (χ3v) is 4.81. The van der Waals surface area contributed by atoms with E-state index in [1.54, 1.807) is 10.9 Å². The van der Waals surface area contributed by atoms with Crippen molar-refractivity contribution in [2.45, 2.75) is 32.1 Å². The number of carbonyl (C=O) groups is 1. The van der Waals surface area contributed by atoms with Gasteiger partial charge in [-0.25, -0.2) is 9.97 Å². The van der Waals surface area contributed by atoms with Crippen LogP contribution in [0.5, 0.6) is 0 Å². The maximum atomic E-state index is 12.2. The fourth-order valence-electron chi connectivity index (χ4n) is 2.25. The lowest BCUT2D eigenvalue weighted by molar-refractivity contribution is -0.0742. The van der Waals surface area contributed by atoms with E-state index in [-0.39, 0.29) is 18.1 Å². The minimum atomic E-state index is -0.167. The van der Waals surface area contributed by atoms with E-state index < -0.39 is 0 Å². The highest BCUT2D eigenvalue weighted by Crippen LogP contribution is 2.15. The van der Waals surface area contributed by atoms with Crippen LogP contribution in [0.1, 0.15) is 27.6 Å². The van der Waals surface area contributed by atoms with Crippen molar-refractivity contribution >= 4 is 28.6 Å². The molecule has 0 aromatic carbocycles. The predicted octanol–water partition coefficient (Wildman–Crippen LogP) is 2.01. The maximum absolute atomic E-state index is 12.2. The van der Waals surface area contributed by atoms with Crippen LogP contribution in [0.25, 0.3) is 0 Å². The molecule has 0 radical (unpaired) electrons. The van der Waals surface area contributed by atoms with Gasteiger partial charge in [0.15, 0.2) is 0 Å². The van der Waals surface area contributed by atoms with Gasteiger partial charge >= 0.3 is 0 Å². The standard InChI is InChI=1S/C14H17N3O3S2/c1-9-16-12(7-22-9)14(18)17-11-2-3-19-5-13(11)20-4-10-6-21-8-15-10/h6-8,11,13H,2-5H2,1H3,(H,17,18)/t11-,13-/m1/s1. The Bertz CT molecular complexity index is 615. The van der Waals surface area contributed by atoms with Gasteiger partial charge in [-0.2, -0.15) is 0 Å². The van der Waals surface area contributed by atoms with Crippen molar-refractivity contribution in [3.8, 4) is 0 Å². The van der Waals surface area contributed by atoms with E-state index >= 15 is 0 Å². The zero-order valence-corrected chi connectivity index (χ0v) is 13.8. The summed E-state index contributed by atoms with van der Waals surface area (Å²) < 4.78 is 11.3. The van der Waals surface area contributed by atoms with Crippen molar-refractivity contribution in [3.63, 3.8) is 0 Å². The molecular weight excluding hydrogens is 322 g/mol. The number of nitrogens with zero attached hydrogens (tertiary/aromatic N) is 2. The first kappa shape index (κ1) is 15.5. The molecule has 2 aromatic heterocycles. The lowest BCUT2D eigenvalue weighted by Gasteiger charge is -2.31. The van der Waals surface area contributed by atoms with E-state index in [0.717, 1.165) is 17.1 Å². The van der Waals surface area contributed by atoms with E-state index in [9.17, 15) is 4.79 Å². The van der Waals surface area contributed by atoms with Crippen molar-refractivity contribution in [3.05, 3.63) is 32.7 Å². The minimum Gasteiger partial charge on any atom is -0.379 e. The molecule has 1 fully saturated rings. The van der Waals surface area contributed by atoms with E-state index in [1.807, 2.05) is 12.3 Å². The Morgan fingerprint density at radius 2 is 2.45 bits per heavy atom. The third-order valence-electron chi connectivity index (χ3n) is 3.40. The summed E-state index contributed by atoms with van der Waals surface area (Å²) in [5.74, 6) is -0.154. The second-order valence-electron chi connectivity index (χ2n) is 5.02. The molecule has 8 heteroatoms. The quantitative estimate of drug-likeness (QED) is 0.902. The maximum Gasteiger partial charge on any atom is 0.271 e. The smallest absolute Gasteiger partial charge is 0.271 e. The van der Waals surface area contributed by atoms with Crippen LogP contribution in [0.2, 0.25) is 0 Å². The van der Waals surface area contributed by atoms with Crippen LogP contribution in [0, 0.1) is 6.92 Å². The number of rotatable bonds is 5. The highest BCUT2D eigenvalue weighted by Gasteiger charge is 2.29. The van der Waals surface area contributed by atoms with Crippen molar-refractivity contribution in [2.24, 2.45) is 0 Å². The van der Waals surface area contributed by atoms with Gasteiger partial charge in [-0.05, 0) is 13.3 Å². The monoisotopic (exact) mass is 339 g/mol. The van der Waals surface area contributed by atoms with Crippen molar-refractivity contribution in [2.75, 3.05) is 13.2 Å². The van der Waals surface area contributed by atoms with Crippen molar-refractivity contribution in [1.29, 1.82) is 0 Å². The van der Waals surface area contributed by atoms with Gasteiger partial charge in [-0.15, -0.1) is 22.7 Å². The molecule has 0 saturated carbocycles. The first-order valence-corrected chi connectivity index (χ1v) is 8.84. The lowest BCUT2D eigenvalue weighted by atomic mass is 10.1. The number of carbonyl (C=O) groups excluding carboxylic acids is 1. The largest absolute Gasteiger partial charge is 0.379 e. The van der Waals surface area contributed by atoms with Gasteiger partial charge < -0.3 is 14.8 Å². The summed E-state index contributed by atoms with van der Waals surface area (Å²) in [6, 6.07) is -0.0677. The Morgan fingerprint density at radius 3 is 3.18 bits per heavy atom. The van der Waals surface area contributed by atoms with Crippen LogP contribution in [0.3, 0.4) is 0 Å². The second kappa shape index (κ2) is 7.28. The molecule has 6 nitrogen and oxygen atoms in total. The minimum absolute atomic E-state index is 0.0677. The average Bonchev–Trinajstić information content (AvgIpc) is 3.17. The Kier molecular flexibility index (Phi) is 5.14. The van der Waals surface area contributed by atoms with Crippen LogP contribution in [-0.2, 0) is 16.1 Å². The van der Waals surface area contributed by atoms with Gasteiger partial charge in [-0.3, -0.25) is 4.79 Å². The van der Waals surface area contributed by atoms with Crippen LogP contribution < -0.4 is 5.32 Å². The van der Waals surface area contributed by atoms with E-state index in [2.05, 4.69) is 15.3 Å². The first-order chi connectivity index (χ1) is 10.7. The molecule has 0 spiro atoms. The fourth-order valence-corrected chi connectivity index (χ4v) is 3.39. The van der Waals surface area contributed by atoms with Gasteiger partial charge in [-0.1, -0.05) is 0 Å². The summed E-state index contributed by atoms with van der Waals surface area (Å²) in [5, 5.41) is 7.62. The molecule has 1 saturated heterocycles. The molecule has 0 unspecified atom stereocenters. The Morgan fingerprint density at radius 1 is 1.55 bits per heavy atom. The highest BCUT2D eigenvalue weighted by molar-refractivity contribution is 7.09. The van der Waals surface area contributed by atoms with Gasteiger partial charge in [0.25, 0.3) is 5.91 Å². The zero-order valence-electron chi connectivity index (χ0n) is 12.2. The molecule has 1 N–H and O–H groups in total. The Hall–Kier alpha value is -1.35. The second-order valence-corrected chi connectivity index (χ2v) is 6.81. The van der Waals surface area contributed by atoms with Crippen LogP contribution in [0.15, 0.2) is 16.3 Å². The molecule has 3 heterocycles. The number of thiazole rings is 2. The van der Waals surface area contributed by atoms with Gasteiger partial charge in [0.05, 0.1) is 35.5 Å². The fraction of sp³-hybridized carbons (Fsp3) is 0.500. The third kappa shape index (κ3) is 3.89. The summed E-state index contributed by atoms with van der Waals surface area (Å²) in [6.45, 7) is 3.41. The highest BCUT2D eigenvalue weighted by atomic mass is 32.1. The predicted molar refractivity (Wildman–Crippen MR) is 84.2 cm³/mol. The number of amides is 1. The Labute approximate surface area is 136 Å². The molecular formula is C14H17N3O3S2. The molecule has 1 aliphatic heterocycles. The number of hydrogen-bond donors (Lipinski definition) is 1. The van der Waals surface area contributed by atoms with E-state index in [4.69, 9.17) is 9.47 Å². The van der Waals surface area contributed by atoms with Gasteiger partial charge in [0, 0.05) is 17.4 Å². The molecule has 2 aromatic rings. The summed E-state index contributed by atoms with van der Waals surface area (Å²) in [7, 11) is 0. The van der Waals surface area contributed by atoms with Crippen molar-refractivity contribution < 1.29 is 14.3 Å². The molecule has 3 rings (SSSR count). The SMILES string of the molecule is Cc1nc(C(=O)N[C@@H]2CCOC[C@H]2OCc2cscn2)cs1. The van der Waals surface area contributed by atoms with E-state index in [1.165, 1.54) is 22.7 Å². The zero-order chi connectivity index (χ0) is 15.4. The Balaban J connectivity index is 1.58. The average molecular weight is 339 g/mol. The van der Waals surface area contributed by atoms with E-state index in [0.29, 0.717) is 25.5 Å². The lowest BCUT2D eigenvalue weighted by Crippen LogP contribution is -2.50. The normalized spacial score (nSPS) is 21.7. The van der Waals surface area contributed by atoms with Gasteiger partial charge in [0.2, 0.25) is 0 Å². The topological polar surface area (TPSA) is 73.3 Å². The number of nitrogens with one attached hydrogen (secondary N) is 1. The summed E-state index contributed by atoms with van der Waals surface area (Å²) in [4.78, 5) is 20.6. The summed E-state index contributed by atoms with van der Waals surface area (Å²) in [6.07, 6.45) is 0.565. The molecule has 0 bridgehead atoms. The number of aryl methyl sites for hydroxylation is 1. The number of ether oxygens (including phenoxy) is 2. The molecule has 22 heavy (non-hydrogen) atoms.